The number of rotatable bonds is 8. The Labute approximate surface area is 163 Å². The predicted octanol–water partition coefficient (Wildman–Crippen LogP) is 4.21. The van der Waals surface area contributed by atoms with Crippen molar-refractivity contribution < 1.29 is 14.8 Å². The number of anilines is 1. The molecule has 0 aliphatic rings. The summed E-state index contributed by atoms with van der Waals surface area (Å²) in [4.78, 5) is 12.7. The highest BCUT2D eigenvalue weighted by Crippen LogP contribution is 2.32. The first-order chi connectivity index (χ1) is 12.8. The first-order valence-corrected chi connectivity index (χ1v) is 9.74. The van der Waals surface area contributed by atoms with Crippen molar-refractivity contribution in [3.63, 3.8) is 0 Å². The van der Waals surface area contributed by atoms with Crippen LogP contribution < -0.4 is 15.4 Å². The zero-order valence-corrected chi connectivity index (χ0v) is 17.4. The fourth-order valence-electron chi connectivity index (χ4n) is 3.34. The number of amides is 1. The van der Waals surface area contributed by atoms with Gasteiger partial charge in [0, 0.05) is 5.69 Å². The lowest BCUT2D eigenvalue weighted by molar-refractivity contribution is -0.682. The van der Waals surface area contributed by atoms with Gasteiger partial charge in [-0.1, -0.05) is 58.0 Å². The summed E-state index contributed by atoms with van der Waals surface area (Å²) in [5, 5.41) is 5.22. The summed E-state index contributed by atoms with van der Waals surface area (Å²) in [5.41, 5.74) is 4.45. The standard InChI is InChI=1S/C23H32N2O2/c1-15(2)18-11-9-12-19(16(3)4)23(18)25-22(26)14-24-17(5)20-10-7-8-13-21(20)27-6/h7-13,15-17,24H,14H2,1-6H3,(H,25,26)/p+1/t17-/m1/s1. The fourth-order valence-corrected chi connectivity index (χ4v) is 3.34. The van der Waals surface area contributed by atoms with Crippen molar-refractivity contribution in [1.29, 1.82) is 0 Å². The molecule has 0 radical (unpaired) electrons. The summed E-state index contributed by atoms with van der Waals surface area (Å²) >= 11 is 0. The smallest absolute Gasteiger partial charge is 0.279 e. The van der Waals surface area contributed by atoms with Gasteiger partial charge in [0.25, 0.3) is 5.91 Å². The quantitative estimate of drug-likeness (QED) is 0.732. The zero-order valence-electron chi connectivity index (χ0n) is 17.4. The molecule has 1 atom stereocenters. The Balaban J connectivity index is 2.10. The van der Waals surface area contributed by atoms with Crippen LogP contribution >= 0.6 is 0 Å². The van der Waals surface area contributed by atoms with Crippen LogP contribution in [-0.2, 0) is 4.79 Å². The van der Waals surface area contributed by atoms with Crippen molar-refractivity contribution in [1.82, 2.24) is 0 Å². The molecule has 0 aliphatic heterocycles. The Hall–Kier alpha value is -2.33. The number of quaternary nitrogens is 1. The van der Waals surface area contributed by atoms with Crippen molar-refractivity contribution in [2.24, 2.45) is 0 Å². The lowest BCUT2D eigenvalue weighted by Crippen LogP contribution is -2.86. The number of nitrogens with one attached hydrogen (secondary N) is 1. The van der Waals surface area contributed by atoms with Gasteiger partial charge >= 0.3 is 0 Å². The molecule has 0 fully saturated rings. The zero-order chi connectivity index (χ0) is 20.0. The molecule has 0 unspecified atom stereocenters. The van der Waals surface area contributed by atoms with Crippen LogP contribution in [0.5, 0.6) is 5.75 Å². The molecule has 0 bridgehead atoms. The molecule has 146 valence electrons. The van der Waals surface area contributed by atoms with Crippen LogP contribution in [-0.4, -0.2) is 19.6 Å². The highest BCUT2D eigenvalue weighted by atomic mass is 16.5. The van der Waals surface area contributed by atoms with Crippen molar-refractivity contribution in [2.75, 3.05) is 19.0 Å². The first-order valence-electron chi connectivity index (χ1n) is 9.74. The van der Waals surface area contributed by atoms with E-state index in [4.69, 9.17) is 4.74 Å². The maximum absolute atomic E-state index is 12.7. The van der Waals surface area contributed by atoms with Crippen LogP contribution in [0.15, 0.2) is 42.5 Å². The first kappa shape index (κ1) is 21.0. The topological polar surface area (TPSA) is 54.9 Å². The molecule has 4 nitrogen and oxygen atoms in total. The van der Waals surface area contributed by atoms with Gasteiger partial charge in [-0.3, -0.25) is 4.79 Å². The molecule has 0 spiro atoms. The Morgan fingerprint density at radius 3 is 2.04 bits per heavy atom. The normalized spacial score (nSPS) is 12.3. The van der Waals surface area contributed by atoms with Gasteiger partial charge in [0.2, 0.25) is 0 Å². The molecular weight excluding hydrogens is 336 g/mol. The molecule has 4 heteroatoms. The number of para-hydroxylation sites is 2. The van der Waals surface area contributed by atoms with E-state index in [1.807, 2.05) is 29.6 Å². The fraction of sp³-hybridized carbons (Fsp3) is 0.435. The molecule has 0 saturated carbocycles. The van der Waals surface area contributed by atoms with E-state index >= 15 is 0 Å². The largest absolute Gasteiger partial charge is 0.496 e. The second kappa shape index (κ2) is 9.56. The lowest BCUT2D eigenvalue weighted by atomic mass is 9.92. The molecule has 0 heterocycles. The second-order valence-corrected chi connectivity index (χ2v) is 7.64. The van der Waals surface area contributed by atoms with Crippen molar-refractivity contribution >= 4 is 11.6 Å². The Morgan fingerprint density at radius 1 is 0.926 bits per heavy atom. The SMILES string of the molecule is COc1ccccc1[C@@H](C)[NH2+]CC(=O)Nc1c(C(C)C)cccc1C(C)C. The summed E-state index contributed by atoms with van der Waals surface area (Å²) < 4.78 is 5.43. The van der Waals surface area contributed by atoms with Gasteiger partial charge in [-0.25, -0.2) is 0 Å². The molecule has 0 aliphatic carbocycles. The maximum Gasteiger partial charge on any atom is 0.279 e. The van der Waals surface area contributed by atoms with Crippen molar-refractivity contribution in [3.8, 4) is 5.75 Å². The third-order valence-corrected chi connectivity index (χ3v) is 4.92. The van der Waals surface area contributed by atoms with Gasteiger partial charge in [-0.05, 0) is 42.0 Å². The molecule has 2 aromatic carbocycles. The van der Waals surface area contributed by atoms with Crippen molar-refractivity contribution in [3.05, 3.63) is 59.2 Å². The number of benzene rings is 2. The van der Waals surface area contributed by atoms with E-state index in [1.165, 1.54) is 11.1 Å². The third kappa shape index (κ3) is 5.33. The van der Waals surface area contributed by atoms with Crippen LogP contribution in [0.1, 0.15) is 69.2 Å². The second-order valence-electron chi connectivity index (χ2n) is 7.64. The Kier molecular flexibility index (Phi) is 7.43. The third-order valence-electron chi connectivity index (χ3n) is 4.92. The molecule has 1 amide bonds. The summed E-state index contributed by atoms with van der Waals surface area (Å²) in [5.74, 6) is 1.59. The summed E-state index contributed by atoms with van der Waals surface area (Å²) in [6, 6.07) is 14.4. The van der Waals surface area contributed by atoms with E-state index in [2.05, 4.69) is 58.1 Å². The van der Waals surface area contributed by atoms with E-state index < -0.39 is 0 Å². The predicted molar refractivity (Wildman–Crippen MR) is 111 cm³/mol. The minimum Gasteiger partial charge on any atom is -0.496 e. The number of hydrogen-bond acceptors (Lipinski definition) is 2. The van der Waals surface area contributed by atoms with E-state index in [0.29, 0.717) is 18.4 Å². The van der Waals surface area contributed by atoms with Crippen LogP contribution in [0, 0.1) is 0 Å². The maximum atomic E-state index is 12.7. The molecule has 0 aromatic heterocycles. The average molecular weight is 370 g/mol. The van der Waals surface area contributed by atoms with Crippen LogP contribution in [0.4, 0.5) is 5.69 Å². The number of ether oxygens (including phenoxy) is 1. The number of carbonyl (C=O) groups is 1. The molecule has 2 aromatic rings. The van der Waals surface area contributed by atoms with Crippen LogP contribution in [0.3, 0.4) is 0 Å². The highest BCUT2D eigenvalue weighted by molar-refractivity contribution is 5.93. The van der Waals surface area contributed by atoms with Crippen LogP contribution in [0.2, 0.25) is 0 Å². The number of carbonyl (C=O) groups excluding carboxylic acids is 1. The number of methoxy groups -OCH3 is 1. The van der Waals surface area contributed by atoms with E-state index in [9.17, 15) is 4.79 Å². The van der Waals surface area contributed by atoms with E-state index in [0.717, 1.165) is 17.0 Å². The highest BCUT2D eigenvalue weighted by Gasteiger charge is 2.19. The Bertz CT molecular complexity index is 742. The molecular formula is C23H33N2O2+. The molecule has 0 saturated heterocycles. The van der Waals surface area contributed by atoms with Gasteiger partial charge in [-0.15, -0.1) is 0 Å². The minimum atomic E-state index is 0.0201. The van der Waals surface area contributed by atoms with E-state index in [-0.39, 0.29) is 11.9 Å². The molecule has 3 N–H and O–H groups in total. The van der Waals surface area contributed by atoms with Gasteiger partial charge < -0.3 is 15.4 Å². The Morgan fingerprint density at radius 2 is 1.48 bits per heavy atom. The molecule has 2 rings (SSSR count). The monoisotopic (exact) mass is 369 g/mol. The molecule has 27 heavy (non-hydrogen) atoms. The van der Waals surface area contributed by atoms with Crippen molar-refractivity contribution in [2.45, 2.75) is 52.5 Å². The van der Waals surface area contributed by atoms with E-state index in [1.54, 1.807) is 7.11 Å². The summed E-state index contributed by atoms with van der Waals surface area (Å²) in [6.07, 6.45) is 0. The van der Waals surface area contributed by atoms with Gasteiger partial charge in [0.15, 0.2) is 6.54 Å². The summed E-state index contributed by atoms with van der Waals surface area (Å²) in [7, 11) is 1.68. The minimum absolute atomic E-state index is 0.0201. The van der Waals surface area contributed by atoms with Gasteiger partial charge in [0.1, 0.15) is 11.8 Å². The average Bonchev–Trinajstić information content (AvgIpc) is 2.65. The van der Waals surface area contributed by atoms with Gasteiger partial charge in [0.05, 0.1) is 12.7 Å². The number of hydrogen-bond donors (Lipinski definition) is 2. The van der Waals surface area contributed by atoms with Gasteiger partial charge in [-0.2, -0.15) is 0 Å². The number of nitrogens with two attached hydrogens (primary N) is 1. The summed E-state index contributed by atoms with van der Waals surface area (Å²) in [6.45, 7) is 11.1. The van der Waals surface area contributed by atoms with Crippen LogP contribution in [0.25, 0.3) is 0 Å². The lowest BCUT2D eigenvalue weighted by Gasteiger charge is -2.20.